The summed E-state index contributed by atoms with van der Waals surface area (Å²) in [5.74, 6) is -1.53. The first kappa shape index (κ1) is 33.1. The van der Waals surface area contributed by atoms with Crippen LogP contribution in [0.5, 0.6) is 0 Å². The smallest absolute Gasteiger partial charge is 0.348 e. The molecule has 1 aliphatic heterocycles. The molecule has 0 bridgehead atoms. The summed E-state index contributed by atoms with van der Waals surface area (Å²) in [4.78, 5) is 36.5. The fourth-order valence-corrected chi connectivity index (χ4v) is 5.67. The Kier molecular flexibility index (Phi) is 11.0. The molecule has 46 heavy (non-hydrogen) atoms. The lowest BCUT2D eigenvalue weighted by atomic mass is 9.88. The second kappa shape index (κ2) is 15.3. The third kappa shape index (κ3) is 9.14. The number of nitrogens with zero attached hydrogens (tertiary/aromatic N) is 3. The number of amides is 2. The van der Waals surface area contributed by atoms with Crippen molar-refractivity contribution >= 4 is 33.8 Å². The zero-order chi connectivity index (χ0) is 32.5. The number of alkyl halides is 3. The molecule has 6 nitrogen and oxygen atoms in total. The molecule has 5 rings (SSSR count). The van der Waals surface area contributed by atoms with Crippen molar-refractivity contribution in [1.29, 1.82) is 0 Å². The summed E-state index contributed by atoms with van der Waals surface area (Å²) in [5.41, 5.74) is 2.61. The fourth-order valence-electron chi connectivity index (χ4n) is 5.44. The van der Waals surface area contributed by atoms with Crippen LogP contribution in [-0.4, -0.2) is 52.8 Å². The molecule has 0 spiro atoms. The molecule has 238 valence electrons. The van der Waals surface area contributed by atoms with Crippen molar-refractivity contribution < 1.29 is 22.8 Å². The number of halogens is 4. The Morgan fingerprint density at radius 3 is 2.04 bits per heavy atom. The molecule has 1 atom stereocenters. The predicted molar refractivity (Wildman–Crippen MR) is 175 cm³/mol. The third-order valence-corrected chi connectivity index (χ3v) is 8.42. The van der Waals surface area contributed by atoms with E-state index in [0.717, 1.165) is 29.8 Å². The number of pyridine rings is 1. The summed E-state index contributed by atoms with van der Waals surface area (Å²) in [7, 11) is 0. The quantitative estimate of drug-likeness (QED) is 0.148. The lowest BCUT2D eigenvalue weighted by Crippen LogP contribution is -2.51. The van der Waals surface area contributed by atoms with Gasteiger partial charge in [0, 0.05) is 51.0 Å². The van der Waals surface area contributed by atoms with Gasteiger partial charge in [-0.25, -0.2) is 4.98 Å². The van der Waals surface area contributed by atoms with Crippen LogP contribution >= 0.6 is 15.9 Å². The van der Waals surface area contributed by atoms with Gasteiger partial charge in [-0.1, -0.05) is 78.9 Å². The standard InChI is InChI=1S/C36H34BrF3N4O2/c37-33-16-13-29(23-41-33)24-42-34(45)31(21-27-11-14-30(15-12-27)36(38,39)40)32(22-26-7-3-1-4-8-26)35(46)44-19-17-43(18-20-44)25-28-9-5-2-6-10-28/h1-16,21,23,32H,17-20,22,24-25H2,(H,42,45)/t32-/m0/s1. The van der Waals surface area contributed by atoms with E-state index in [1.165, 1.54) is 23.8 Å². The van der Waals surface area contributed by atoms with Gasteiger partial charge in [0.1, 0.15) is 4.60 Å². The van der Waals surface area contributed by atoms with Gasteiger partial charge in [0.2, 0.25) is 11.8 Å². The third-order valence-electron chi connectivity index (χ3n) is 7.95. The molecule has 3 aromatic carbocycles. The molecule has 2 amide bonds. The Hall–Kier alpha value is -4.28. The van der Waals surface area contributed by atoms with Crippen molar-refractivity contribution in [2.45, 2.75) is 25.7 Å². The predicted octanol–water partition coefficient (Wildman–Crippen LogP) is 6.77. The van der Waals surface area contributed by atoms with E-state index < -0.39 is 23.6 Å². The van der Waals surface area contributed by atoms with Crippen molar-refractivity contribution in [2.75, 3.05) is 26.2 Å². The summed E-state index contributed by atoms with van der Waals surface area (Å²) >= 11 is 3.30. The molecule has 0 saturated carbocycles. The molecular weight excluding hydrogens is 657 g/mol. The van der Waals surface area contributed by atoms with Crippen LogP contribution in [0.25, 0.3) is 6.08 Å². The molecular formula is C36H34BrF3N4O2. The largest absolute Gasteiger partial charge is 0.416 e. The Balaban J connectivity index is 1.43. The average molecular weight is 692 g/mol. The number of nitrogens with one attached hydrogen (secondary N) is 1. The molecule has 0 radical (unpaired) electrons. The minimum atomic E-state index is -4.49. The maximum absolute atomic E-state index is 14.3. The normalized spacial score (nSPS) is 15.0. The molecule has 2 heterocycles. The van der Waals surface area contributed by atoms with Gasteiger partial charge in [0.05, 0.1) is 11.5 Å². The van der Waals surface area contributed by atoms with Crippen LogP contribution in [0.2, 0.25) is 0 Å². The highest BCUT2D eigenvalue weighted by Gasteiger charge is 2.34. The van der Waals surface area contributed by atoms with Crippen molar-refractivity contribution in [2.24, 2.45) is 5.92 Å². The number of benzene rings is 3. The molecule has 1 N–H and O–H groups in total. The van der Waals surface area contributed by atoms with E-state index in [-0.39, 0.29) is 24.4 Å². The summed E-state index contributed by atoms with van der Waals surface area (Å²) in [6.07, 6.45) is -1.07. The van der Waals surface area contributed by atoms with Crippen molar-refractivity contribution in [3.8, 4) is 0 Å². The summed E-state index contributed by atoms with van der Waals surface area (Å²) in [5, 5.41) is 2.91. The van der Waals surface area contributed by atoms with E-state index in [0.29, 0.717) is 36.3 Å². The number of hydrogen-bond acceptors (Lipinski definition) is 4. The van der Waals surface area contributed by atoms with Gasteiger partial charge in [0.15, 0.2) is 0 Å². The minimum absolute atomic E-state index is 0.161. The van der Waals surface area contributed by atoms with Crippen LogP contribution in [0.4, 0.5) is 13.2 Å². The summed E-state index contributed by atoms with van der Waals surface area (Å²) < 4.78 is 40.5. The second-order valence-electron chi connectivity index (χ2n) is 11.2. The van der Waals surface area contributed by atoms with Crippen LogP contribution in [0, 0.1) is 5.92 Å². The monoisotopic (exact) mass is 690 g/mol. The van der Waals surface area contributed by atoms with Crippen molar-refractivity contribution in [3.05, 3.63) is 141 Å². The van der Waals surface area contributed by atoms with Gasteiger partial charge in [0.25, 0.3) is 0 Å². The average Bonchev–Trinajstić information content (AvgIpc) is 3.07. The zero-order valence-corrected chi connectivity index (χ0v) is 26.7. The second-order valence-corrected chi connectivity index (χ2v) is 12.0. The number of carbonyl (C=O) groups excluding carboxylic acids is 2. The van der Waals surface area contributed by atoms with E-state index in [1.54, 1.807) is 17.2 Å². The van der Waals surface area contributed by atoms with Gasteiger partial charge >= 0.3 is 6.18 Å². The Labute approximate surface area is 275 Å². The van der Waals surface area contributed by atoms with E-state index in [2.05, 4.69) is 43.3 Å². The Bertz CT molecular complexity index is 1620. The lowest BCUT2D eigenvalue weighted by molar-refractivity contribution is -0.138. The number of hydrogen-bond donors (Lipinski definition) is 1. The highest BCUT2D eigenvalue weighted by molar-refractivity contribution is 9.10. The minimum Gasteiger partial charge on any atom is -0.348 e. The first-order valence-electron chi connectivity index (χ1n) is 15.0. The maximum atomic E-state index is 14.3. The number of piperazine rings is 1. The van der Waals surface area contributed by atoms with Gasteiger partial charge in [-0.2, -0.15) is 13.2 Å². The van der Waals surface area contributed by atoms with Crippen molar-refractivity contribution in [1.82, 2.24) is 20.1 Å². The molecule has 4 aromatic rings. The van der Waals surface area contributed by atoms with Crippen LogP contribution in [0.15, 0.2) is 113 Å². The van der Waals surface area contributed by atoms with Crippen LogP contribution in [0.3, 0.4) is 0 Å². The molecule has 10 heteroatoms. The van der Waals surface area contributed by atoms with E-state index >= 15 is 0 Å². The molecule has 0 unspecified atom stereocenters. The van der Waals surface area contributed by atoms with Gasteiger partial charge < -0.3 is 10.2 Å². The fraction of sp³-hybridized carbons (Fsp3) is 0.250. The summed E-state index contributed by atoms with van der Waals surface area (Å²) in [6, 6.07) is 27.8. The highest BCUT2D eigenvalue weighted by atomic mass is 79.9. The van der Waals surface area contributed by atoms with Gasteiger partial charge in [-0.05, 0) is 68.9 Å². The molecule has 1 aromatic heterocycles. The van der Waals surface area contributed by atoms with E-state index in [4.69, 9.17) is 0 Å². The molecule has 0 aliphatic carbocycles. The molecule has 1 fully saturated rings. The lowest BCUT2D eigenvalue weighted by Gasteiger charge is -2.37. The number of aromatic nitrogens is 1. The van der Waals surface area contributed by atoms with E-state index in [1.807, 2.05) is 54.6 Å². The zero-order valence-electron chi connectivity index (χ0n) is 25.1. The van der Waals surface area contributed by atoms with Gasteiger partial charge in [-0.15, -0.1) is 0 Å². The first-order valence-corrected chi connectivity index (χ1v) is 15.8. The van der Waals surface area contributed by atoms with Crippen molar-refractivity contribution in [3.63, 3.8) is 0 Å². The SMILES string of the molecule is O=C(NCc1ccc(Br)nc1)C(=Cc1ccc(C(F)(F)F)cc1)[C@H](Cc1ccccc1)C(=O)N1CCN(Cc2ccccc2)CC1. The van der Waals surface area contributed by atoms with E-state index in [9.17, 15) is 22.8 Å². The van der Waals surface area contributed by atoms with Crippen LogP contribution in [-0.2, 0) is 35.3 Å². The van der Waals surface area contributed by atoms with Crippen LogP contribution < -0.4 is 5.32 Å². The molecule has 1 aliphatic rings. The summed E-state index contributed by atoms with van der Waals surface area (Å²) in [6.45, 7) is 3.29. The first-order chi connectivity index (χ1) is 22.2. The topological polar surface area (TPSA) is 65.5 Å². The molecule has 1 saturated heterocycles. The van der Waals surface area contributed by atoms with Crippen LogP contribution in [0.1, 0.15) is 27.8 Å². The number of carbonyl (C=O) groups is 2. The maximum Gasteiger partial charge on any atom is 0.416 e. The Morgan fingerprint density at radius 1 is 0.826 bits per heavy atom. The van der Waals surface area contributed by atoms with Gasteiger partial charge in [-0.3, -0.25) is 14.5 Å². The highest BCUT2D eigenvalue weighted by Crippen LogP contribution is 2.30. The Morgan fingerprint density at radius 2 is 1.46 bits per heavy atom. The number of rotatable bonds is 10.